The molecule has 0 spiro atoms. The van der Waals surface area contributed by atoms with Crippen LogP contribution in [0.5, 0.6) is 0 Å². The van der Waals surface area contributed by atoms with Gasteiger partial charge in [0.25, 0.3) is 5.91 Å². The summed E-state index contributed by atoms with van der Waals surface area (Å²) in [7, 11) is 0. The number of nitrogen functional groups attached to an aromatic ring is 1. The van der Waals surface area contributed by atoms with Gasteiger partial charge in [-0.3, -0.25) is 4.79 Å². The maximum atomic E-state index is 12.3. The highest BCUT2D eigenvalue weighted by atomic mass is 16.6. The second-order valence-electron chi connectivity index (χ2n) is 4.76. The predicted octanol–water partition coefficient (Wildman–Crippen LogP) is 0.548. The van der Waals surface area contributed by atoms with Crippen molar-refractivity contribution in [2.24, 2.45) is 0 Å². The second kappa shape index (κ2) is 4.89. The van der Waals surface area contributed by atoms with E-state index in [4.69, 9.17) is 10.8 Å². The Kier molecular flexibility index (Phi) is 3.05. The number of nitrogens with two attached hydrogens (primary N) is 1. The first-order valence-corrected chi connectivity index (χ1v) is 6.28. The number of aromatic carboxylic acids is 1. The quantitative estimate of drug-likeness (QED) is 0.827. The molecular weight excluding hydrogens is 276 g/mol. The van der Waals surface area contributed by atoms with Crippen molar-refractivity contribution in [2.75, 3.05) is 12.3 Å². The van der Waals surface area contributed by atoms with E-state index in [1.165, 1.54) is 0 Å². The first-order chi connectivity index (χ1) is 10.1. The Morgan fingerprint density at radius 3 is 2.76 bits per heavy atom. The number of fused-ring (bicyclic) bond motifs is 1. The molecule has 108 valence electrons. The number of carboxylic acids is 1. The van der Waals surface area contributed by atoms with Crippen LogP contribution < -0.4 is 5.73 Å². The molecule has 8 nitrogen and oxygen atoms in total. The largest absolute Gasteiger partial charge is 0.478 e. The first-order valence-electron chi connectivity index (χ1n) is 6.28. The molecule has 1 amide bonds. The fourth-order valence-corrected chi connectivity index (χ4v) is 2.36. The first kappa shape index (κ1) is 13.1. The fraction of sp³-hybridized carbons (Fsp3) is 0.231. The summed E-state index contributed by atoms with van der Waals surface area (Å²) in [6.45, 7) is 0.812. The minimum Gasteiger partial charge on any atom is -0.478 e. The number of benzene rings is 1. The van der Waals surface area contributed by atoms with Crippen LogP contribution in [0.1, 0.15) is 32.0 Å². The molecule has 8 heteroatoms. The summed E-state index contributed by atoms with van der Waals surface area (Å²) < 4.78 is 4.43. The molecule has 1 aromatic heterocycles. The molecule has 0 saturated heterocycles. The molecule has 1 aliphatic heterocycles. The van der Waals surface area contributed by atoms with E-state index in [1.54, 1.807) is 23.1 Å². The van der Waals surface area contributed by atoms with Crippen molar-refractivity contribution in [3.05, 3.63) is 40.6 Å². The van der Waals surface area contributed by atoms with Gasteiger partial charge in [0.1, 0.15) is 0 Å². The van der Waals surface area contributed by atoms with Crippen LogP contribution in [0.4, 0.5) is 5.82 Å². The molecule has 0 unspecified atom stereocenters. The van der Waals surface area contributed by atoms with Gasteiger partial charge in [0.2, 0.25) is 11.5 Å². The van der Waals surface area contributed by atoms with Crippen LogP contribution in [0.3, 0.4) is 0 Å². The van der Waals surface area contributed by atoms with Crippen LogP contribution in [0.2, 0.25) is 0 Å². The van der Waals surface area contributed by atoms with E-state index in [0.717, 1.165) is 11.1 Å². The highest BCUT2D eigenvalue weighted by Gasteiger charge is 2.26. The van der Waals surface area contributed by atoms with Gasteiger partial charge in [-0.15, -0.1) is 0 Å². The molecule has 0 atom stereocenters. The number of hydrogen-bond donors (Lipinski definition) is 2. The topological polar surface area (TPSA) is 123 Å². The summed E-state index contributed by atoms with van der Waals surface area (Å²) in [5, 5.41) is 15.9. The zero-order chi connectivity index (χ0) is 15.0. The van der Waals surface area contributed by atoms with Crippen LogP contribution >= 0.6 is 0 Å². The van der Waals surface area contributed by atoms with Crippen LogP contribution in [0.25, 0.3) is 0 Å². The third-order valence-electron chi connectivity index (χ3n) is 3.47. The molecule has 2 heterocycles. The molecule has 0 saturated carbocycles. The number of nitrogens with zero attached hydrogens (tertiary/aromatic N) is 3. The van der Waals surface area contributed by atoms with E-state index in [0.29, 0.717) is 19.5 Å². The minimum atomic E-state index is -0.994. The van der Waals surface area contributed by atoms with E-state index in [1.807, 2.05) is 0 Å². The lowest BCUT2D eigenvalue weighted by atomic mass is 9.97. The van der Waals surface area contributed by atoms with Gasteiger partial charge in [0.15, 0.2) is 0 Å². The normalized spacial score (nSPS) is 13.8. The summed E-state index contributed by atoms with van der Waals surface area (Å²) >= 11 is 0. The van der Waals surface area contributed by atoms with Crippen LogP contribution in [0.15, 0.2) is 22.8 Å². The van der Waals surface area contributed by atoms with Gasteiger partial charge >= 0.3 is 5.97 Å². The van der Waals surface area contributed by atoms with Crippen molar-refractivity contribution >= 4 is 17.7 Å². The number of carbonyl (C=O) groups is 2. The van der Waals surface area contributed by atoms with Crippen molar-refractivity contribution in [2.45, 2.75) is 13.0 Å². The number of anilines is 1. The molecule has 2 aromatic rings. The molecular formula is C13H12N4O4. The maximum Gasteiger partial charge on any atom is 0.335 e. The van der Waals surface area contributed by atoms with Gasteiger partial charge in [0.05, 0.1) is 5.56 Å². The number of carbonyl (C=O) groups excluding carboxylic acids is 1. The average Bonchev–Trinajstić information content (AvgIpc) is 2.91. The lowest BCUT2D eigenvalue weighted by Gasteiger charge is -2.28. The summed E-state index contributed by atoms with van der Waals surface area (Å²) in [4.78, 5) is 24.8. The standard InChI is InChI=1S/C13H12N4O4/c14-11-10(15-21-16-11)12(18)17-4-3-7-1-2-8(13(19)20)5-9(7)6-17/h1-2,5H,3-4,6H2,(H2,14,16)(H,19,20). The van der Waals surface area contributed by atoms with Gasteiger partial charge in [0, 0.05) is 13.1 Å². The number of carboxylic acid groups (broad SMARTS) is 1. The van der Waals surface area contributed by atoms with E-state index in [9.17, 15) is 9.59 Å². The second-order valence-corrected chi connectivity index (χ2v) is 4.76. The fourth-order valence-electron chi connectivity index (χ4n) is 2.36. The molecule has 3 rings (SSSR count). The minimum absolute atomic E-state index is 0.0205. The Balaban J connectivity index is 1.87. The third kappa shape index (κ3) is 2.31. The van der Waals surface area contributed by atoms with Crippen molar-refractivity contribution in [1.29, 1.82) is 0 Å². The predicted molar refractivity (Wildman–Crippen MR) is 70.6 cm³/mol. The Hall–Kier alpha value is -2.90. The number of aromatic nitrogens is 2. The van der Waals surface area contributed by atoms with Gasteiger partial charge in [-0.25, -0.2) is 9.42 Å². The number of amides is 1. The van der Waals surface area contributed by atoms with Gasteiger partial charge in [-0.05, 0) is 40.0 Å². The molecule has 3 N–H and O–H groups in total. The van der Waals surface area contributed by atoms with Crippen molar-refractivity contribution < 1.29 is 19.3 Å². The van der Waals surface area contributed by atoms with Crippen molar-refractivity contribution in [3.8, 4) is 0 Å². The molecule has 21 heavy (non-hydrogen) atoms. The molecule has 1 aliphatic rings. The molecule has 0 aliphatic carbocycles. The smallest absolute Gasteiger partial charge is 0.335 e. The Bertz CT molecular complexity index is 725. The molecule has 0 bridgehead atoms. The molecule has 0 radical (unpaired) electrons. The Labute approximate surface area is 119 Å². The summed E-state index contributed by atoms with van der Waals surface area (Å²) in [5.74, 6) is -1.42. The maximum absolute atomic E-state index is 12.3. The number of rotatable bonds is 2. The highest BCUT2D eigenvalue weighted by molar-refractivity contribution is 5.96. The lowest BCUT2D eigenvalue weighted by molar-refractivity contribution is 0.0696. The summed E-state index contributed by atoms with van der Waals surface area (Å²) in [6, 6.07) is 4.94. The highest BCUT2D eigenvalue weighted by Crippen LogP contribution is 2.22. The van der Waals surface area contributed by atoms with E-state index >= 15 is 0 Å². The van der Waals surface area contributed by atoms with Gasteiger partial charge in [-0.2, -0.15) is 0 Å². The summed E-state index contributed by atoms with van der Waals surface area (Å²) in [6.07, 6.45) is 0.645. The Morgan fingerprint density at radius 1 is 1.29 bits per heavy atom. The van der Waals surface area contributed by atoms with E-state index < -0.39 is 5.97 Å². The summed E-state index contributed by atoms with van der Waals surface area (Å²) in [5.41, 5.74) is 7.54. The van der Waals surface area contributed by atoms with Crippen LogP contribution in [-0.4, -0.2) is 38.7 Å². The SMILES string of the molecule is Nc1nonc1C(=O)N1CCc2ccc(C(=O)O)cc2C1. The zero-order valence-electron chi connectivity index (χ0n) is 10.9. The third-order valence-corrected chi connectivity index (χ3v) is 3.47. The molecule has 0 fully saturated rings. The Morgan fingerprint density at radius 2 is 2.10 bits per heavy atom. The van der Waals surface area contributed by atoms with Crippen molar-refractivity contribution in [3.63, 3.8) is 0 Å². The number of hydrogen-bond acceptors (Lipinski definition) is 6. The van der Waals surface area contributed by atoms with Crippen LogP contribution in [0, 0.1) is 0 Å². The lowest BCUT2D eigenvalue weighted by Crippen LogP contribution is -2.36. The molecule has 1 aromatic carbocycles. The van der Waals surface area contributed by atoms with Gasteiger partial charge in [-0.1, -0.05) is 6.07 Å². The van der Waals surface area contributed by atoms with Crippen LogP contribution in [-0.2, 0) is 13.0 Å². The van der Waals surface area contributed by atoms with Crippen molar-refractivity contribution in [1.82, 2.24) is 15.2 Å². The van der Waals surface area contributed by atoms with E-state index in [-0.39, 0.29) is 23.0 Å². The average molecular weight is 288 g/mol. The van der Waals surface area contributed by atoms with E-state index in [2.05, 4.69) is 14.9 Å². The monoisotopic (exact) mass is 288 g/mol. The van der Waals surface area contributed by atoms with Gasteiger partial charge < -0.3 is 15.7 Å². The zero-order valence-corrected chi connectivity index (χ0v) is 10.9.